The van der Waals surface area contributed by atoms with Gasteiger partial charge >= 0.3 is 5.97 Å². The normalized spacial score (nSPS) is 15.6. The Bertz CT molecular complexity index is 655. The minimum Gasteiger partial charge on any atom is -0.457 e. The summed E-state index contributed by atoms with van der Waals surface area (Å²) < 4.78 is 27.8. The number of likely N-dealkylation sites (N-methyl/N-ethyl adjacent to an activating group) is 1. The monoisotopic (exact) mass is 399 g/mol. The second kappa shape index (κ2) is 10.2. The van der Waals surface area contributed by atoms with Crippen molar-refractivity contribution < 1.29 is 21.5 Å². The smallest absolute Gasteiger partial charge is 0.332 e. The summed E-state index contributed by atoms with van der Waals surface area (Å²) >= 11 is 0. The van der Waals surface area contributed by atoms with Gasteiger partial charge in [0.25, 0.3) is 5.91 Å². The van der Waals surface area contributed by atoms with Crippen molar-refractivity contribution in [3.8, 4) is 0 Å². The third kappa shape index (κ3) is 9.38. The lowest BCUT2D eigenvalue weighted by Crippen LogP contribution is -2.40. The molecule has 0 aliphatic carbocycles. The molecule has 0 fully saturated rings. The molecule has 0 heterocycles. The van der Waals surface area contributed by atoms with Gasteiger partial charge in [-0.1, -0.05) is 32.9 Å². The van der Waals surface area contributed by atoms with Gasteiger partial charge in [-0.05, 0) is 52.8 Å². The highest BCUT2D eigenvalue weighted by Gasteiger charge is 2.36. The van der Waals surface area contributed by atoms with E-state index in [2.05, 4.69) is 33.9 Å². The molecular weight excluding hydrogens is 358 g/mol. The van der Waals surface area contributed by atoms with E-state index in [0.29, 0.717) is 13.1 Å². The number of hydrogen-bond donors (Lipinski definition) is 0. The molecule has 0 bridgehead atoms. The van der Waals surface area contributed by atoms with Crippen molar-refractivity contribution in [2.45, 2.75) is 79.1 Å². The Morgan fingerprint density at radius 3 is 2.00 bits per heavy atom. The van der Waals surface area contributed by atoms with Crippen molar-refractivity contribution in [2.24, 2.45) is 0 Å². The molecule has 0 saturated heterocycles. The number of ether oxygens (including phenoxy) is 1. The van der Waals surface area contributed by atoms with Gasteiger partial charge in [-0.25, -0.2) is 4.79 Å². The van der Waals surface area contributed by atoms with Crippen molar-refractivity contribution in [3.63, 3.8) is 0 Å². The van der Waals surface area contributed by atoms with E-state index in [1.807, 2.05) is 13.8 Å². The predicted molar refractivity (Wildman–Crippen MR) is 114 cm³/mol. The minimum atomic E-state index is -2.07. The van der Waals surface area contributed by atoms with Gasteiger partial charge in [-0.15, -0.1) is 0 Å². The maximum Gasteiger partial charge on any atom is 0.332 e. The topological polar surface area (TPSA) is 55.8 Å². The predicted octanol–water partition coefficient (Wildman–Crippen LogP) is 4.70. The maximum absolute atomic E-state index is 12.9. The van der Waals surface area contributed by atoms with E-state index in [-0.39, 0.29) is 23.3 Å². The lowest BCUT2D eigenvalue weighted by molar-refractivity contribution is -0.148. The van der Waals surface area contributed by atoms with Crippen molar-refractivity contribution in [1.29, 1.82) is 0 Å². The quantitative estimate of drug-likeness (QED) is 0.257. The zero-order valence-electron chi connectivity index (χ0n) is 20.8. The van der Waals surface area contributed by atoms with Crippen molar-refractivity contribution in [3.05, 3.63) is 23.8 Å². The summed E-state index contributed by atoms with van der Waals surface area (Å²) in [6.45, 7) is 20.1. The largest absolute Gasteiger partial charge is 0.457 e. The summed E-state index contributed by atoms with van der Waals surface area (Å²) in [4.78, 5) is 26.8. The van der Waals surface area contributed by atoms with Crippen LogP contribution in [0.3, 0.4) is 0 Å². The molecule has 5 nitrogen and oxygen atoms in total. The molecular formula is C21H39NO4Si. The van der Waals surface area contributed by atoms with Crippen LogP contribution >= 0.6 is 0 Å². The lowest BCUT2D eigenvalue weighted by Gasteiger charge is -2.35. The fourth-order valence-electron chi connectivity index (χ4n) is 1.83. The average Bonchev–Trinajstić information content (AvgIpc) is 2.55. The fraction of sp³-hybridized carbons (Fsp3) is 0.714. The Kier molecular flexibility index (Phi) is 8.29. The molecule has 0 radical (unpaired) electrons. The SMILES string of the molecule is [2H]/C(C(=O)OC(C)(C)C)=C(\C=C(/[2H])CO[Si](C)(C)C(C)(C)C)C(=O)N(CC)CC. The molecule has 0 aliphatic rings. The van der Waals surface area contributed by atoms with Crippen molar-refractivity contribution in [2.75, 3.05) is 19.7 Å². The summed E-state index contributed by atoms with van der Waals surface area (Å²) in [6.07, 6.45) is 1.26. The number of hydrogen-bond acceptors (Lipinski definition) is 4. The minimum absolute atomic E-state index is 0.0138. The fourth-order valence-corrected chi connectivity index (χ4v) is 2.71. The first-order valence-corrected chi connectivity index (χ1v) is 12.4. The van der Waals surface area contributed by atoms with Gasteiger partial charge in [0.1, 0.15) is 5.60 Å². The third-order valence-corrected chi connectivity index (χ3v) is 8.96. The van der Waals surface area contributed by atoms with Crippen LogP contribution in [0.4, 0.5) is 0 Å². The number of nitrogens with zero attached hydrogens (tertiary/aromatic N) is 1. The molecule has 0 N–H and O–H groups in total. The summed E-state index contributed by atoms with van der Waals surface area (Å²) in [7, 11) is -2.07. The Balaban J connectivity index is 5.94. The number of amides is 1. The highest BCUT2D eigenvalue weighted by molar-refractivity contribution is 6.74. The van der Waals surface area contributed by atoms with Crippen LogP contribution in [-0.2, 0) is 18.8 Å². The Hall–Kier alpha value is -1.40. The van der Waals surface area contributed by atoms with Gasteiger partial charge in [0, 0.05) is 24.7 Å². The molecule has 156 valence electrons. The molecule has 6 heteroatoms. The molecule has 0 aliphatic heterocycles. The lowest BCUT2D eigenvalue weighted by atomic mass is 10.1. The molecule has 27 heavy (non-hydrogen) atoms. The summed E-state index contributed by atoms with van der Waals surface area (Å²) in [5.74, 6) is -1.36. The van der Waals surface area contributed by atoms with E-state index < -0.39 is 31.8 Å². The molecule has 0 rings (SSSR count). The first-order valence-electron chi connectivity index (χ1n) is 10.5. The van der Waals surface area contributed by atoms with Gasteiger partial charge < -0.3 is 14.1 Å². The number of rotatable bonds is 8. The Morgan fingerprint density at radius 2 is 1.59 bits per heavy atom. The number of esters is 1. The highest BCUT2D eigenvalue weighted by Crippen LogP contribution is 2.36. The van der Waals surface area contributed by atoms with Crippen LogP contribution in [0, 0.1) is 0 Å². The van der Waals surface area contributed by atoms with E-state index >= 15 is 0 Å². The summed E-state index contributed by atoms with van der Waals surface area (Å²) in [5.41, 5.74) is -0.933. The Morgan fingerprint density at radius 1 is 1.07 bits per heavy atom. The molecule has 0 aromatic carbocycles. The number of carbonyl (C=O) groups excluding carboxylic acids is 2. The second-order valence-corrected chi connectivity index (χ2v) is 13.7. The first-order chi connectivity index (χ1) is 13.0. The van der Waals surface area contributed by atoms with Crippen LogP contribution in [0.25, 0.3) is 0 Å². The van der Waals surface area contributed by atoms with Gasteiger partial charge in [0.2, 0.25) is 0 Å². The van der Waals surface area contributed by atoms with Crippen LogP contribution < -0.4 is 0 Å². The highest BCUT2D eigenvalue weighted by atomic mass is 28.4. The zero-order chi connectivity index (χ0) is 23.2. The van der Waals surface area contributed by atoms with E-state index in [0.717, 1.165) is 0 Å². The van der Waals surface area contributed by atoms with Gasteiger partial charge in [0.05, 0.1) is 9.35 Å². The van der Waals surface area contributed by atoms with Crippen LogP contribution in [0.1, 0.15) is 58.1 Å². The van der Waals surface area contributed by atoms with Gasteiger partial charge in [-0.3, -0.25) is 4.79 Å². The van der Waals surface area contributed by atoms with Crippen molar-refractivity contribution in [1.82, 2.24) is 4.90 Å². The maximum atomic E-state index is 12.9. The Labute approximate surface area is 169 Å². The van der Waals surface area contributed by atoms with Crippen LogP contribution in [0.15, 0.2) is 23.8 Å². The van der Waals surface area contributed by atoms with E-state index in [9.17, 15) is 9.59 Å². The molecule has 0 atom stereocenters. The summed E-state index contributed by atoms with van der Waals surface area (Å²) in [6, 6.07) is -0.507. The molecule has 1 amide bonds. The van der Waals surface area contributed by atoms with Crippen LogP contribution in [0.5, 0.6) is 0 Å². The van der Waals surface area contributed by atoms with E-state index in [4.69, 9.17) is 11.9 Å². The van der Waals surface area contributed by atoms with Crippen LogP contribution in [0.2, 0.25) is 18.1 Å². The van der Waals surface area contributed by atoms with Gasteiger partial charge in [0.15, 0.2) is 8.32 Å². The first kappa shape index (κ1) is 21.9. The third-order valence-electron chi connectivity index (χ3n) is 4.49. The second-order valence-electron chi connectivity index (χ2n) is 8.92. The molecule has 0 spiro atoms. The number of carbonyl (C=O) groups is 2. The van der Waals surface area contributed by atoms with E-state index in [1.54, 1.807) is 20.8 Å². The molecule has 0 aromatic heterocycles. The average molecular weight is 400 g/mol. The molecule has 0 unspecified atom stereocenters. The van der Waals surface area contributed by atoms with Crippen molar-refractivity contribution >= 4 is 20.2 Å². The molecule has 0 saturated carbocycles. The summed E-state index contributed by atoms with van der Waals surface area (Å²) in [5, 5.41) is -0.0138. The zero-order valence-corrected chi connectivity index (χ0v) is 19.8. The standard InChI is InChI=1S/C21H39NO4Si/c1-11-22(12-2)19(24)17(16-18(23)26-20(3,4)5)14-13-15-25-27(9,10)21(6,7)8/h13-14,16H,11-12,15H2,1-10H3/b14-13+,17-16-/i13D,16D. The van der Waals surface area contributed by atoms with E-state index in [1.165, 1.54) is 11.0 Å². The van der Waals surface area contributed by atoms with Crippen LogP contribution in [-0.4, -0.2) is 50.4 Å². The van der Waals surface area contributed by atoms with Gasteiger partial charge in [-0.2, -0.15) is 0 Å². The molecule has 0 aromatic rings.